The van der Waals surface area contributed by atoms with Gasteiger partial charge in [-0.1, -0.05) is 24.3 Å². The Labute approximate surface area is 154 Å². The van der Waals surface area contributed by atoms with Crippen molar-refractivity contribution < 1.29 is 13.2 Å². The zero-order valence-electron chi connectivity index (χ0n) is 13.1. The van der Waals surface area contributed by atoms with Crippen molar-refractivity contribution in [3.63, 3.8) is 0 Å². The number of hydrogen-bond acceptors (Lipinski definition) is 4. The number of rotatable bonds is 7. The number of amidine groups is 1. The summed E-state index contributed by atoms with van der Waals surface area (Å²) < 4.78 is 30.8. The fraction of sp³-hybridized carbons (Fsp3) is 0.267. The summed E-state index contributed by atoms with van der Waals surface area (Å²) >= 11 is 0. The number of nitrogens with one attached hydrogen (secondary N) is 2. The first kappa shape index (κ1) is 22.6. The molecule has 0 spiro atoms. The monoisotopic (exact) mass is 393 g/mol. The van der Waals surface area contributed by atoms with Gasteiger partial charge >= 0.3 is 0 Å². The van der Waals surface area contributed by atoms with E-state index in [1.165, 1.54) is 7.11 Å². The Hall–Kier alpha value is -1.38. The molecule has 2 rings (SSSR count). The Morgan fingerprint density at radius 2 is 1.83 bits per heavy atom. The quantitative estimate of drug-likeness (QED) is 0.494. The maximum absolute atomic E-state index is 11.7. The van der Waals surface area contributed by atoms with Gasteiger partial charge in [0.15, 0.2) is 0 Å². The van der Waals surface area contributed by atoms with Gasteiger partial charge in [0.1, 0.15) is 5.84 Å². The molecule has 0 aliphatic rings. The van der Waals surface area contributed by atoms with E-state index in [1.54, 1.807) is 6.07 Å². The minimum Gasteiger partial charge on any atom is -0.384 e. The largest absolute Gasteiger partial charge is 0.384 e. The standard InChI is InChI=1S/C15H19N3O3S.2ClH/c1-21-6-7-22(19,20)18-10-11-2-3-12-4-5-13(15(16)17)9-14(12)8-11;;/h2-5,8-9,18H,6-7,10H2,1H3,(H3,16,17);2*1H. The van der Waals surface area contributed by atoms with E-state index < -0.39 is 10.0 Å². The lowest BCUT2D eigenvalue weighted by Gasteiger charge is -2.08. The number of methoxy groups -OCH3 is 1. The summed E-state index contributed by atoms with van der Waals surface area (Å²) in [5.41, 5.74) is 6.97. The molecule has 9 heteroatoms. The molecule has 6 nitrogen and oxygen atoms in total. The van der Waals surface area contributed by atoms with Gasteiger partial charge in [0.05, 0.1) is 12.4 Å². The predicted molar refractivity (Wildman–Crippen MR) is 102 cm³/mol. The first-order chi connectivity index (χ1) is 10.4. The van der Waals surface area contributed by atoms with Crippen LogP contribution in [0, 0.1) is 5.41 Å². The first-order valence-electron chi connectivity index (χ1n) is 6.74. The Bertz CT molecular complexity index is 798. The van der Waals surface area contributed by atoms with Gasteiger partial charge in [0.25, 0.3) is 0 Å². The van der Waals surface area contributed by atoms with E-state index in [1.807, 2.05) is 30.3 Å². The van der Waals surface area contributed by atoms with E-state index in [0.29, 0.717) is 5.56 Å². The van der Waals surface area contributed by atoms with E-state index in [9.17, 15) is 8.42 Å². The average Bonchev–Trinajstić information content (AvgIpc) is 2.50. The molecule has 0 radical (unpaired) electrons. The van der Waals surface area contributed by atoms with E-state index in [2.05, 4.69) is 4.72 Å². The van der Waals surface area contributed by atoms with Gasteiger partial charge in [-0.25, -0.2) is 13.1 Å². The number of sulfonamides is 1. The highest BCUT2D eigenvalue weighted by atomic mass is 35.5. The highest BCUT2D eigenvalue weighted by Crippen LogP contribution is 2.18. The van der Waals surface area contributed by atoms with Crippen LogP contribution < -0.4 is 10.5 Å². The topological polar surface area (TPSA) is 105 Å². The third-order valence-corrected chi connectivity index (χ3v) is 4.56. The third kappa shape index (κ3) is 6.26. The number of benzene rings is 2. The molecule has 0 fully saturated rings. The molecule has 0 atom stereocenters. The van der Waals surface area contributed by atoms with Crippen molar-refractivity contribution in [1.29, 1.82) is 5.41 Å². The van der Waals surface area contributed by atoms with Crippen molar-refractivity contribution in [2.24, 2.45) is 5.73 Å². The second kappa shape index (κ2) is 9.80. The Balaban J connectivity index is 0.00000264. The Kier molecular flexibility index (Phi) is 9.24. The normalized spacial score (nSPS) is 10.7. The van der Waals surface area contributed by atoms with Gasteiger partial charge in [0.2, 0.25) is 10.0 Å². The lowest BCUT2D eigenvalue weighted by Crippen LogP contribution is -2.27. The minimum atomic E-state index is -3.35. The van der Waals surface area contributed by atoms with E-state index in [4.69, 9.17) is 15.9 Å². The number of halogens is 2. The smallest absolute Gasteiger partial charge is 0.214 e. The summed E-state index contributed by atoms with van der Waals surface area (Å²) in [6.07, 6.45) is 0. The molecule has 2 aromatic rings. The SMILES string of the molecule is COCCS(=O)(=O)NCc1ccc2ccc(C(=N)N)cc2c1.Cl.Cl. The molecule has 24 heavy (non-hydrogen) atoms. The summed E-state index contributed by atoms with van der Waals surface area (Å²) in [7, 11) is -1.88. The van der Waals surface area contributed by atoms with Gasteiger partial charge in [-0.15, -0.1) is 24.8 Å². The van der Waals surface area contributed by atoms with Crippen molar-refractivity contribution in [2.75, 3.05) is 19.5 Å². The zero-order valence-corrected chi connectivity index (χ0v) is 15.6. The van der Waals surface area contributed by atoms with Crippen molar-refractivity contribution in [1.82, 2.24) is 4.72 Å². The summed E-state index contributed by atoms with van der Waals surface area (Å²) in [4.78, 5) is 0. The summed E-state index contributed by atoms with van der Waals surface area (Å²) in [5.74, 6) is -0.0569. The number of nitrogen functional groups attached to an aromatic ring is 1. The fourth-order valence-corrected chi connectivity index (χ4v) is 2.95. The summed E-state index contributed by atoms with van der Waals surface area (Å²) in [6, 6.07) is 11.2. The summed E-state index contributed by atoms with van der Waals surface area (Å²) in [6.45, 7) is 0.376. The molecule has 0 saturated carbocycles. The van der Waals surface area contributed by atoms with Gasteiger partial charge in [-0.05, 0) is 28.5 Å². The molecule has 0 aliphatic heterocycles. The van der Waals surface area contributed by atoms with E-state index in [0.717, 1.165) is 16.3 Å². The Morgan fingerprint density at radius 1 is 1.17 bits per heavy atom. The third-order valence-electron chi connectivity index (χ3n) is 3.27. The van der Waals surface area contributed by atoms with Crippen LogP contribution in [0.2, 0.25) is 0 Å². The van der Waals surface area contributed by atoms with Crippen molar-refractivity contribution in [3.8, 4) is 0 Å². The molecule has 4 N–H and O–H groups in total. The maximum atomic E-state index is 11.7. The second-order valence-corrected chi connectivity index (χ2v) is 6.87. The fourth-order valence-electron chi connectivity index (χ4n) is 2.03. The lowest BCUT2D eigenvalue weighted by molar-refractivity contribution is 0.217. The minimum absolute atomic E-state index is 0. The van der Waals surface area contributed by atoms with Crippen molar-refractivity contribution in [3.05, 3.63) is 47.5 Å². The Morgan fingerprint density at radius 3 is 2.46 bits per heavy atom. The zero-order chi connectivity index (χ0) is 16.2. The van der Waals surface area contributed by atoms with Crippen LogP contribution in [0.5, 0.6) is 0 Å². The van der Waals surface area contributed by atoms with Gasteiger partial charge in [-0.3, -0.25) is 5.41 Å². The molecule has 0 aromatic heterocycles. The van der Waals surface area contributed by atoms with Crippen LogP contribution in [0.1, 0.15) is 11.1 Å². The molecule has 0 heterocycles. The first-order valence-corrected chi connectivity index (χ1v) is 8.40. The molecule has 0 bridgehead atoms. The lowest BCUT2D eigenvalue weighted by atomic mass is 10.0. The predicted octanol–water partition coefficient (Wildman–Crippen LogP) is 2.03. The van der Waals surface area contributed by atoms with Gasteiger partial charge < -0.3 is 10.5 Å². The maximum Gasteiger partial charge on any atom is 0.214 e. The highest BCUT2D eigenvalue weighted by molar-refractivity contribution is 7.89. The molecule has 0 amide bonds. The number of ether oxygens (including phenoxy) is 1. The van der Waals surface area contributed by atoms with Gasteiger partial charge in [0, 0.05) is 19.2 Å². The van der Waals surface area contributed by atoms with Crippen LogP contribution in [0.3, 0.4) is 0 Å². The molecular formula is C15H21Cl2N3O3S. The van der Waals surface area contributed by atoms with Crippen LogP contribution in [-0.4, -0.2) is 33.7 Å². The molecule has 0 saturated heterocycles. The average molecular weight is 394 g/mol. The molecule has 134 valence electrons. The van der Waals surface area contributed by atoms with Crippen LogP contribution in [0.15, 0.2) is 36.4 Å². The molecule has 0 aliphatic carbocycles. The van der Waals surface area contributed by atoms with E-state index in [-0.39, 0.29) is 49.6 Å². The molecule has 0 unspecified atom stereocenters. The van der Waals surface area contributed by atoms with Crippen molar-refractivity contribution in [2.45, 2.75) is 6.54 Å². The molecular weight excluding hydrogens is 373 g/mol. The van der Waals surface area contributed by atoms with Crippen LogP contribution >= 0.6 is 24.8 Å². The van der Waals surface area contributed by atoms with Crippen LogP contribution in [-0.2, 0) is 21.3 Å². The van der Waals surface area contributed by atoms with Crippen LogP contribution in [0.4, 0.5) is 0 Å². The highest BCUT2D eigenvalue weighted by Gasteiger charge is 2.09. The number of nitrogens with two attached hydrogens (primary N) is 1. The van der Waals surface area contributed by atoms with E-state index >= 15 is 0 Å². The number of fused-ring (bicyclic) bond motifs is 1. The second-order valence-electron chi connectivity index (χ2n) is 4.94. The molecule has 2 aromatic carbocycles. The number of hydrogen-bond donors (Lipinski definition) is 3. The summed E-state index contributed by atoms with van der Waals surface area (Å²) in [5, 5.41) is 9.39. The van der Waals surface area contributed by atoms with Crippen LogP contribution in [0.25, 0.3) is 10.8 Å². The van der Waals surface area contributed by atoms with Gasteiger partial charge in [-0.2, -0.15) is 0 Å². The van der Waals surface area contributed by atoms with Crippen molar-refractivity contribution >= 4 is 51.4 Å².